The fourth-order valence-electron chi connectivity index (χ4n) is 1.17. The van der Waals surface area contributed by atoms with Crippen molar-refractivity contribution < 1.29 is 53.8 Å². The molecule has 0 bridgehead atoms. The van der Waals surface area contributed by atoms with E-state index < -0.39 is 0 Å². The molecule has 1 radical (unpaired) electrons. The van der Waals surface area contributed by atoms with Crippen LogP contribution in [-0.4, -0.2) is 9.78 Å². The minimum Gasteiger partial charge on any atom is -0.335 e. The van der Waals surface area contributed by atoms with Gasteiger partial charge >= 0.3 is 0 Å². The molecule has 0 unspecified atom stereocenters. The van der Waals surface area contributed by atoms with Gasteiger partial charge in [0, 0.05) is 60.8 Å². The van der Waals surface area contributed by atoms with Crippen LogP contribution in [0.25, 0.3) is 10.9 Å². The number of fused-ring (bicyclic) bond motifs is 1. The van der Waals surface area contributed by atoms with Gasteiger partial charge in [-0.25, -0.2) is 0 Å². The van der Waals surface area contributed by atoms with Crippen molar-refractivity contribution in [1.29, 1.82) is 0 Å². The molecule has 2 aromatic rings. The van der Waals surface area contributed by atoms with Crippen LogP contribution in [0.1, 0.15) is 5.56 Å². The van der Waals surface area contributed by atoms with Gasteiger partial charge in [0.1, 0.15) is 0 Å². The Morgan fingerprint density at radius 1 is 1.38 bits per heavy atom. The number of benzene rings is 1. The quantitative estimate of drug-likeness (QED) is 0.595. The molecule has 0 spiro atoms. The Hall–Kier alpha value is 0.482. The second kappa shape index (κ2) is 5.38. The van der Waals surface area contributed by atoms with Crippen molar-refractivity contribution in [2.75, 3.05) is 0 Å². The molecule has 4 heteroatoms. The molecule has 0 N–H and O–H groups in total. The Kier molecular flexibility index (Phi) is 5.58. The normalized spacial score (nSPS) is 9.08. The van der Waals surface area contributed by atoms with Crippen LogP contribution in [0.5, 0.6) is 0 Å². The molecule has 2 nitrogen and oxygen atoms in total. The summed E-state index contributed by atoms with van der Waals surface area (Å²) in [6, 6.07) is 6.92. The summed E-state index contributed by atoms with van der Waals surface area (Å²) >= 11 is 0. The van der Waals surface area contributed by atoms with Crippen molar-refractivity contribution in [1.82, 2.24) is 9.78 Å². The van der Waals surface area contributed by atoms with E-state index in [-0.39, 0.29) is 53.8 Å². The van der Waals surface area contributed by atoms with E-state index in [1.54, 1.807) is 4.68 Å². The summed E-state index contributed by atoms with van der Waals surface area (Å²) in [6.07, 6.45) is 2.95. The second-order valence-corrected chi connectivity index (χ2v) is 2.63. The van der Waals surface area contributed by atoms with E-state index in [0.717, 1.165) is 10.9 Å². The average Bonchev–Trinajstić information content (AvgIpc) is 2.35. The molecule has 0 saturated carbocycles. The Balaban J connectivity index is 0.000000720. The van der Waals surface area contributed by atoms with Crippen molar-refractivity contribution in [3.05, 3.63) is 30.0 Å². The molecule has 0 aliphatic carbocycles. The summed E-state index contributed by atoms with van der Waals surface area (Å²) in [5, 5.41) is 5.12. The smallest absolute Gasteiger partial charge is 0.0160 e. The minimum absolute atomic E-state index is 0. The first-order valence-electron chi connectivity index (χ1n) is 3.50. The standard InChI is InChI=1S/C9H8N2.W.Y/c1-7-4-3-5-9-8(7)6-10-11(9)2;;/h4-5H,1-2H3;;/q-2;;. The molecule has 0 amide bonds. The molecule has 0 aliphatic rings. The molecule has 13 heavy (non-hydrogen) atoms. The van der Waals surface area contributed by atoms with Gasteiger partial charge < -0.3 is 4.68 Å². The summed E-state index contributed by atoms with van der Waals surface area (Å²) in [5.74, 6) is 0. The van der Waals surface area contributed by atoms with E-state index in [9.17, 15) is 0 Å². The third-order valence-corrected chi connectivity index (χ3v) is 1.83. The first kappa shape index (κ1) is 13.5. The zero-order chi connectivity index (χ0) is 7.84. The second-order valence-electron chi connectivity index (χ2n) is 2.63. The summed E-state index contributed by atoms with van der Waals surface area (Å²) < 4.78 is 1.80. The van der Waals surface area contributed by atoms with E-state index >= 15 is 0 Å². The van der Waals surface area contributed by atoms with Crippen molar-refractivity contribution in [3.63, 3.8) is 0 Å². The first-order chi connectivity index (χ1) is 5.29. The maximum Gasteiger partial charge on any atom is 0.0160 e. The van der Waals surface area contributed by atoms with Crippen molar-refractivity contribution in [2.24, 2.45) is 7.05 Å². The van der Waals surface area contributed by atoms with Crippen molar-refractivity contribution in [2.45, 2.75) is 6.92 Å². The van der Waals surface area contributed by atoms with Gasteiger partial charge in [-0.3, -0.25) is 5.10 Å². The van der Waals surface area contributed by atoms with Gasteiger partial charge in [-0.2, -0.15) is 23.8 Å². The summed E-state index contributed by atoms with van der Waals surface area (Å²) in [4.78, 5) is 0. The van der Waals surface area contributed by atoms with E-state index in [2.05, 4.69) is 17.4 Å². The van der Waals surface area contributed by atoms with Crippen LogP contribution in [0, 0.1) is 19.2 Å². The zero-order valence-electron chi connectivity index (χ0n) is 7.53. The molecule has 0 aliphatic heterocycles. The number of hydrogen-bond donors (Lipinski definition) is 0. The number of rotatable bonds is 0. The molecular weight excluding hydrogens is 409 g/mol. The summed E-state index contributed by atoms with van der Waals surface area (Å²) in [7, 11) is 1.91. The third-order valence-electron chi connectivity index (χ3n) is 1.83. The fourth-order valence-corrected chi connectivity index (χ4v) is 1.17. The largest absolute Gasteiger partial charge is 0.335 e. The van der Waals surface area contributed by atoms with Crippen LogP contribution in [-0.2, 0) is 60.8 Å². The fraction of sp³-hybridized carbons (Fsp3) is 0.222. The van der Waals surface area contributed by atoms with E-state index in [1.165, 1.54) is 5.56 Å². The van der Waals surface area contributed by atoms with Gasteiger partial charge in [0.05, 0.1) is 0 Å². The number of aromatic nitrogens is 2. The zero-order valence-corrected chi connectivity index (χ0v) is 13.3. The van der Waals surface area contributed by atoms with Crippen LogP contribution in [0.2, 0.25) is 0 Å². The van der Waals surface area contributed by atoms with Crippen LogP contribution < -0.4 is 0 Å². The van der Waals surface area contributed by atoms with Crippen LogP contribution in [0.3, 0.4) is 0 Å². The SMILES string of the molecule is Cc1c[c-]cc2c1[c-]nn2C.[W].[Y]. The van der Waals surface area contributed by atoms with E-state index in [1.807, 2.05) is 26.1 Å². The molecule has 0 saturated heterocycles. The molecule has 0 atom stereocenters. The molecule has 2 rings (SSSR count). The maximum atomic E-state index is 4.03. The topological polar surface area (TPSA) is 17.8 Å². The molecule has 65 valence electrons. The van der Waals surface area contributed by atoms with Gasteiger partial charge in [-0.15, -0.1) is 5.39 Å². The van der Waals surface area contributed by atoms with E-state index in [0.29, 0.717) is 0 Å². The Morgan fingerprint density at radius 2 is 2.08 bits per heavy atom. The predicted molar refractivity (Wildman–Crippen MR) is 43.1 cm³/mol. The molecule has 0 fully saturated rings. The van der Waals surface area contributed by atoms with Gasteiger partial charge in [-0.1, -0.05) is 12.4 Å². The average molecular weight is 417 g/mol. The predicted octanol–water partition coefficient (Wildman–Crippen LogP) is 1.48. The van der Waals surface area contributed by atoms with Gasteiger partial charge in [0.2, 0.25) is 0 Å². The Morgan fingerprint density at radius 3 is 2.69 bits per heavy atom. The van der Waals surface area contributed by atoms with Crippen LogP contribution in [0.4, 0.5) is 0 Å². The molecule has 1 heterocycles. The monoisotopic (exact) mass is 417 g/mol. The van der Waals surface area contributed by atoms with Crippen molar-refractivity contribution >= 4 is 10.9 Å². The number of aryl methyl sites for hydroxylation is 2. The number of nitrogens with zero attached hydrogens (tertiary/aromatic N) is 2. The summed E-state index contributed by atoms with van der Waals surface area (Å²) in [5.41, 5.74) is 2.26. The number of hydrogen-bond acceptors (Lipinski definition) is 1. The van der Waals surface area contributed by atoms with Gasteiger partial charge in [-0.05, 0) is 6.20 Å². The van der Waals surface area contributed by atoms with Crippen molar-refractivity contribution in [3.8, 4) is 0 Å². The molecule has 1 aromatic heterocycles. The van der Waals surface area contributed by atoms with Gasteiger partial charge in [0.25, 0.3) is 0 Å². The minimum atomic E-state index is 0. The van der Waals surface area contributed by atoms with E-state index in [4.69, 9.17) is 0 Å². The Bertz CT molecular complexity index is 397. The van der Waals surface area contributed by atoms with Crippen LogP contribution >= 0.6 is 0 Å². The van der Waals surface area contributed by atoms with Crippen LogP contribution in [0.15, 0.2) is 12.1 Å². The summed E-state index contributed by atoms with van der Waals surface area (Å²) in [6.45, 7) is 2.04. The maximum absolute atomic E-state index is 4.03. The molecular formula is C9H8N2WY-2. The Labute approximate surface area is 117 Å². The van der Waals surface area contributed by atoms with Gasteiger partial charge in [0.15, 0.2) is 0 Å². The third kappa shape index (κ3) is 2.49. The first-order valence-corrected chi connectivity index (χ1v) is 3.50. The molecule has 1 aromatic carbocycles.